The second-order valence-corrected chi connectivity index (χ2v) is 6.89. The Morgan fingerprint density at radius 2 is 1.47 bits per heavy atom. The Balaban J connectivity index is 1.66. The molecule has 6 nitrogen and oxygen atoms in total. The zero-order chi connectivity index (χ0) is 21.5. The Morgan fingerprint density at radius 3 is 2.07 bits per heavy atom. The zero-order valence-electron chi connectivity index (χ0n) is 15.8. The maximum Gasteiger partial charge on any atom is 0.343 e. The smallest absolute Gasteiger partial charge is 0.343 e. The zero-order valence-corrected chi connectivity index (χ0v) is 17.3. The van der Waals surface area contributed by atoms with Crippen molar-refractivity contribution in [3.8, 4) is 11.5 Å². The van der Waals surface area contributed by atoms with E-state index in [1.807, 2.05) is 0 Å². The summed E-state index contributed by atoms with van der Waals surface area (Å²) in [5.41, 5.74) is 3.85. The van der Waals surface area contributed by atoms with Gasteiger partial charge in [0.15, 0.2) is 11.5 Å². The lowest BCUT2D eigenvalue weighted by Crippen LogP contribution is -2.17. The minimum absolute atomic E-state index is 0.250. The molecule has 8 heteroatoms. The van der Waals surface area contributed by atoms with Crippen molar-refractivity contribution in [3.63, 3.8) is 0 Å². The van der Waals surface area contributed by atoms with Gasteiger partial charge in [0.05, 0.1) is 18.9 Å². The van der Waals surface area contributed by atoms with Crippen LogP contribution in [-0.2, 0) is 0 Å². The molecule has 0 unspecified atom stereocenters. The highest BCUT2D eigenvalue weighted by Gasteiger charge is 2.13. The molecule has 0 spiro atoms. The first kappa shape index (κ1) is 21.4. The first-order valence-electron chi connectivity index (χ1n) is 8.71. The summed E-state index contributed by atoms with van der Waals surface area (Å²) >= 11 is 11.6. The Hall–Kier alpha value is -3.35. The number of hydrogen-bond acceptors (Lipinski definition) is 5. The van der Waals surface area contributed by atoms with Gasteiger partial charge in [0.2, 0.25) is 0 Å². The summed E-state index contributed by atoms with van der Waals surface area (Å²) in [4.78, 5) is 24.3. The predicted molar refractivity (Wildman–Crippen MR) is 116 cm³/mol. The third-order valence-electron chi connectivity index (χ3n) is 3.96. The number of halogens is 2. The summed E-state index contributed by atoms with van der Waals surface area (Å²) in [5.74, 6) is -0.324. The summed E-state index contributed by atoms with van der Waals surface area (Å²) in [6, 6.07) is 17.7. The lowest BCUT2D eigenvalue weighted by atomic mass is 10.2. The van der Waals surface area contributed by atoms with Gasteiger partial charge in [-0.2, -0.15) is 5.10 Å². The number of amides is 1. The van der Waals surface area contributed by atoms with Gasteiger partial charge >= 0.3 is 5.97 Å². The molecule has 3 rings (SSSR count). The van der Waals surface area contributed by atoms with Crippen LogP contribution >= 0.6 is 23.2 Å². The molecule has 1 N–H and O–H groups in total. The summed E-state index contributed by atoms with van der Waals surface area (Å²) in [5, 5.41) is 4.99. The fraction of sp³-hybridized carbons (Fsp3) is 0.0455. The van der Waals surface area contributed by atoms with Gasteiger partial charge in [-0.25, -0.2) is 10.2 Å². The van der Waals surface area contributed by atoms with Gasteiger partial charge < -0.3 is 9.47 Å². The molecule has 0 aliphatic heterocycles. The third-order valence-corrected chi connectivity index (χ3v) is 4.46. The van der Waals surface area contributed by atoms with Crippen molar-refractivity contribution < 1.29 is 19.1 Å². The maximum absolute atomic E-state index is 12.3. The van der Waals surface area contributed by atoms with Crippen molar-refractivity contribution in [2.24, 2.45) is 5.10 Å². The Bertz CT molecular complexity index is 1080. The first-order valence-corrected chi connectivity index (χ1v) is 9.46. The van der Waals surface area contributed by atoms with Crippen LogP contribution in [-0.4, -0.2) is 25.2 Å². The molecule has 3 aromatic carbocycles. The minimum Gasteiger partial charge on any atom is -0.493 e. The number of benzene rings is 3. The molecule has 0 radical (unpaired) electrons. The number of hydrazone groups is 1. The van der Waals surface area contributed by atoms with Crippen LogP contribution in [0.3, 0.4) is 0 Å². The molecule has 0 atom stereocenters. The van der Waals surface area contributed by atoms with Crippen molar-refractivity contribution in [1.82, 2.24) is 5.43 Å². The molecular weight excluding hydrogens is 427 g/mol. The highest BCUT2D eigenvalue weighted by atomic mass is 35.5. The number of esters is 1. The second kappa shape index (κ2) is 9.91. The molecule has 0 bridgehead atoms. The maximum atomic E-state index is 12.3. The van der Waals surface area contributed by atoms with E-state index in [1.54, 1.807) is 66.7 Å². The van der Waals surface area contributed by atoms with E-state index >= 15 is 0 Å². The van der Waals surface area contributed by atoms with E-state index in [2.05, 4.69) is 10.5 Å². The van der Waals surface area contributed by atoms with Crippen molar-refractivity contribution >= 4 is 41.3 Å². The topological polar surface area (TPSA) is 77.0 Å². The largest absolute Gasteiger partial charge is 0.493 e. The van der Waals surface area contributed by atoms with Crippen molar-refractivity contribution in [2.75, 3.05) is 7.11 Å². The van der Waals surface area contributed by atoms with Gasteiger partial charge in [0.25, 0.3) is 5.91 Å². The first-order chi connectivity index (χ1) is 14.5. The van der Waals surface area contributed by atoms with Gasteiger partial charge in [-0.15, -0.1) is 0 Å². The highest BCUT2D eigenvalue weighted by molar-refractivity contribution is 6.31. The predicted octanol–water partition coefficient (Wildman–Crippen LogP) is 4.99. The number of hydrogen-bond donors (Lipinski definition) is 1. The van der Waals surface area contributed by atoms with Crippen LogP contribution in [0, 0.1) is 0 Å². The SMILES string of the molecule is COc1cc(/C=N/NC(=O)c2ccc(Cl)cc2)ccc1OC(=O)c1ccc(Cl)cc1. The average Bonchev–Trinajstić information content (AvgIpc) is 2.75. The quantitative estimate of drug-likeness (QED) is 0.252. The molecular formula is C22H16Cl2N2O4. The van der Waals surface area contributed by atoms with Crippen molar-refractivity contribution in [3.05, 3.63) is 93.5 Å². The van der Waals surface area contributed by atoms with E-state index in [4.69, 9.17) is 32.7 Å². The molecule has 0 aliphatic rings. The van der Waals surface area contributed by atoms with E-state index < -0.39 is 5.97 Å². The molecule has 0 saturated heterocycles. The van der Waals surface area contributed by atoms with Crippen molar-refractivity contribution in [2.45, 2.75) is 0 Å². The van der Waals surface area contributed by atoms with Crippen LogP contribution in [0.2, 0.25) is 10.0 Å². The van der Waals surface area contributed by atoms with Gasteiger partial charge in [-0.05, 0) is 72.3 Å². The van der Waals surface area contributed by atoms with E-state index in [0.29, 0.717) is 32.5 Å². The van der Waals surface area contributed by atoms with Crippen molar-refractivity contribution in [1.29, 1.82) is 0 Å². The Labute approximate surface area is 183 Å². The van der Waals surface area contributed by atoms with Crippen LogP contribution in [0.1, 0.15) is 26.3 Å². The van der Waals surface area contributed by atoms with Gasteiger partial charge in [-0.3, -0.25) is 4.79 Å². The van der Waals surface area contributed by atoms with Gasteiger partial charge in [0, 0.05) is 15.6 Å². The molecule has 0 aliphatic carbocycles. The number of rotatable bonds is 6. The molecule has 1 amide bonds. The average molecular weight is 443 g/mol. The van der Waals surface area contributed by atoms with E-state index in [-0.39, 0.29) is 11.7 Å². The monoisotopic (exact) mass is 442 g/mol. The number of methoxy groups -OCH3 is 1. The fourth-order valence-electron chi connectivity index (χ4n) is 2.42. The summed E-state index contributed by atoms with van der Waals surface area (Å²) in [6.07, 6.45) is 1.45. The van der Waals surface area contributed by atoms with Crippen LogP contribution in [0.4, 0.5) is 0 Å². The molecule has 30 heavy (non-hydrogen) atoms. The lowest BCUT2D eigenvalue weighted by Gasteiger charge is -2.10. The van der Waals surface area contributed by atoms with Gasteiger partial charge in [0.1, 0.15) is 0 Å². The Morgan fingerprint density at radius 1 is 0.867 bits per heavy atom. The van der Waals surface area contributed by atoms with E-state index in [0.717, 1.165) is 0 Å². The number of nitrogens with zero attached hydrogens (tertiary/aromatic N) is 1. The fourth-order valence-corrected chi connectivity index (χ4v) is 2.68. The third kappa shape index (κ3) is 5.59. The lowest BCUT2D eigenvalue weighted by molar-refractivity contribution is 0.0729. The molecule has 3 aromatic rings. The standard InChI is InChI=1S/C22H16Cl2N2O4/c1-29-20-12-14(13-25-26-21(27)15-3-7-17(23)8-4-15)2-11-19(20)30-22(28)16-5-9-18(24)10-6-16/h2-13H,1H3,(H,26,27)/b25-13+. The van der Waals surface area contributed by atoms with Crippen LogP contribution < -0.4 is 14.9 Å². The molecule has 0 heterocycles. The highest BCUT2D eigenvalue weighted by Crippen LogP contribution is 2.28. The number of carbonyl (C=O) groups is 2. The molecule has 152 valence electrons. The van der Waals surface area contributed by atoms with Crippen LogP contribution in [0.15, 0.2) is 71.8 Å². The van der Waals surface area contributed by atoms with Gasteiger partial charge in [-0.1, -0.05) is 23.2 Å². The number of ether oxygens (including phenoxy) is 2. The summed E-state index contributed by atoms with van der Waals surface area (Å²) in [6.45, 7) is 0. The molecule has 0 saturated carbocycles. The second-order valence-electron chi connectivity index (χ2n) is 6.01. The van der Waals surface area contributed by atoms with Crippen LogP contribution in [0.5, 0.6) is 11.5 Å². The number of carbonyl (C=O) groups excluding carboxylic acids is 2. The number of nitrogens with one attached hydrogen (secondary N) is 1. The van der Waals surface area contributed by atoms with E-state index in [9.17, 15) is 9.59 Å². The summed E-state index contributed by atoms with van der Waals surface area (Å²) < 4.78 is 10.7. The van der Waals surface area contributed by atoms with Crippen LogP contribution in [0.25, 0.3) is 0 Å². The van der Waals surface area contributed by atoms with E-state index in [1.165, 1.54) is 13.3 Å². The Kier molecular flexibility index (Phi) is 7.06. The minimum atomic E-state index is -0.540. The summed E-state index contributed by atoms with van der Waals surface area (Å²) in [7, 11) is 1.46. The normalized spacial score (nSPS) is 10.6. The molecule has 0 fully saturated rings. The molecule has 0 aromatic heterocycles.